The van der Waals surface area contributed by atoms with Crippen molar-refractivity contribution in [2.75, 3.05) is 12.4 Å². The van der Waals surface area contributed by atoms with Crippen LogP contribution < -0.4 is 10.1 Å². The lowest BCUT2D eigenvalue weighted by Gasteiger charge is -2.13. The molecule has 1 N–H and O–H groups in total. The monoisotopic (exact) mass is 400 g/mol. The molecule has 0 bridgehead atoms. The molecule has 2 aromatic heterocycles. The standard InChI is InChI=1S/C19H14Cl2N4O2/c1-10-7-14(15(26-2)8-13(10)21)24-18-16-17(11-3-5-12(20)6-4-11)25-27-19(16)23-9-22-18/h3-9H,1-2H3,(H,22,23,24). The highest BCUT2D eigenvalue weighted by molar-refractivity contribution is 6.31. The molecule has 0 unspecified atom stereocenters. The summed E-state index contributed by atoms with van der Waals surface area (Å²) in [6.07, 6.45) is 1.41. The van der Waals surface area contributed by atoms with Crippen LogP contribution in [0.3, 0.4) is 0 Å². The maximum absolute atomic E-state index is 6.19. The molecule has 0 fully saturated rings. The Morgan fingerprint density at radius 1 is 1.07 bits per heavy atom. The number of ether oxygens (including phenoxy) is 1. The number of aryl methyl sites for hydroxylation is 1. The van der Waals surface area contributed by atoms with E-state index in [9.17, 15) is 0 Å². The van der Waals surface area contributed by atoms with Gasteiger partial charge in [0.2, 0.25) is 0 Å². The van der Waals surface area contributed by atoms with Crippen LogP contribution >= 0.6 is 23.2 Å². The fourth-order valence-electron chi connectivity index (χ4n) is 2.74. The van der Waals surface area contributed by atoms with Gasteiger partial charge in [0.15, 0.2) is 0 Å². The van der Waals surface area contributed by atoms with Gasteiger partial charge in [0.1, 0.15) is 29.0 Å². The molecular formula is C19H14Cl2N4O2. The lowest BCUT2D eigenvalue weighted by atomic mass is 10.1. The van der Waals surface area contributed by atoms with Gasteiger partial charge < -0.3 is 14.6 Å². The number of fused-ring (bicyclic) bond motifs is 1. The molecule has 27 heavy (non-hydrogen) atoms. The van der Waals surface area contributed by atoms with Gasteiger partial charge >= 0.3 is 0 Å². The molecule has 4 rings (SSSR count). The summed E-state index contributed by atoms with van der Waals surface area (Å²) in [4.78, 5) is 8.53. The van der Waals surface area contributed by atoms with Crippen LogP contribution in [-0.4, -0.2) is 22.2 Å². The second-order valence-corrected chi connectivity index (χ2v) is 6.71. The summed E-state index contributed by atoms with van der Waals surface area (Å²) in [6, 6.07) is 11.0. The second-order valence-electron chi connectivity index (χ2n) is 5.87. The molecule has 2 heterocycles. The molecule has 0 aliphatic rings. The van der Waals surface area contributed by atoms with E-state index >= 15 is 0 Å². The van der Waals surface area contributed by atoms with Crippen LogP contribution in [0.1, 0.15) is 5.56 Å². The first-order chi connectivity index (χ1) is 13.1. The number of nitrogens with zero attached hydrogens (tertiary/aromatic N) is 3. The highest BCUT2D eigenvalue weighted by atomic mass is 35.5. The third kappa shape index (κ3) is 3.29. The van der Waals surface area contributed by atoms with Crippen molar-refractivity contribution in [1.29, 1.82) is 0 Å². The summed E-state index contributed by atoms with van der Waals surface area (Å²) in [6.45, 7) is 1.92. The first kappa shape index (κ1) is 17.6. The van der Waals surface area contributed by atoms with E-state index < -0.39 is 0 Å². The van der Waals surface area contributed by atoms with Crippen molar-refractivity contribution in [3.63, 3.8) is 0 Å². The molecule has 4 aromatic rings. The third-order valence-electron chi connectivity index (χ3n) is 4.12. The van der Waals surface area contributed by atoms with E-state index in [1.807, 2.05) is 25.1 Å². The van der Waals surface area contributed by atoms with Crippen molar-refractivity contribution in [3.05, 3.63) is 58.3 Å². The molecule has 0 spiro atoms. The topological polar surface area (TPSA) is 73.1 Å². The number of nitrogens with one attached hydrogen (secondary N) is 1. The number of aromatic nitrogens is 3. The molecule has 0 atom stereocenters. The summed E-state index contributed by atoms with van der Waals surface area (Å²) < 4.78 is 10.8. The first-order valence-corrected chi connectivity index (χ1v) is 8.80. The summed E-state index contributed by atoms with van der Waals surface area (Å²) in [5, 5.41) is 9.37. The molecule has 136 valence electrons. The quantitative estimate of drug-likeness (QED) is 0.476. The maximum atomic E-state index is 6.19. The number of anilines is 2. The molecule has 6 nitrogen and oxygen atoms in total. The Morgan fingerprint density at radius 2 is 1.85 bits per heavy atom. The highest BCUT2D eigenvalue weighted by Gasteiger charge is 2.18. The number of hydrogen-bond acceptors (Lipinski definition) is 6. The lowest BCUT2D eigenvalue weighted by Crippen LogP contribution is -1.99. The molecular weight excluding hydrogens is 387 g/mol. The van der Waals surface area contributed by atoms with Crippen LogP contribution in [0.4, 0.5) is 11.5 Å². The fourth-order valence-corrected chi connectivity index (χ4v) is 3.02. The van der Waals surface area contributed by atoms with E-state index in [2.05, 4.69) is 20.4 Å². The predicted octanol–water partition coefficient (Wildman–Crippen LogP) is 5.65. The Labute approximate surface area is 165 Å². The molecule has 8 heteroatoms. The Bertz CT molecular complexity index is 1130. The zero-order valence-electron chi connectivity index (χ0n) is 14.5. The van der Waals surface area contributed by atoms with Gasteiger partial charge in [0.05, 0.1) is 12.8 Å². The number of rotatable bonds is 4. The van der Waals surface area contributed by atoms with Gasteiger partial charge in [-0.3, -0.25) is 0 Å². The van der Waals surface area contributed by atoms with Crippen molar-refractivity contribution in [2.45, 2.75) is 6.92 Å². The largest absolute Gasteiger partial charge is 0.495 e. The molecule has 0 amide bonds. The van der Waals surface area contributed by atoms with Gasteiger partial charge in [-0.15, -0.1) is 0 Å². The average Bonchev–Trinajstić information content (AvgIpc) is 3.10. The zero-order valence-corrected chi connectivity index (χ0v) is 16.0. The van der Waals surface area contributed by atoms with E-state index in [-0.39, 0.29) is 0 Å². The Hall–Kier alpha value is -2.83. The summed E-state index contributed by atoms with van der Waals surface area (Å²) in [7, 11) is 1.58. The summed E-state index contributed by atoms with van der Waals surface area (Å²) in [5.74, 6) is 1.15. The van der Waals surface area contributed by atoms with Crippen molar-refractivity contribution >= 4 is 45.8 Å². The van der Waals surface area contributed by atoms with Crippen LogP contribution in [0.25, 0.3) is 22.4 Å². The Balaban J connectivity index is 1.85. The summed E-state index contributed by atoms with van der Waals surface area (Å²) >= 11 is 12.2. The second kappa shape index (κ2) is 7.06. The van der Waals surface area contributed by atoms with Gasteiger partial charge in [0, 0.05) is 21.7 Å². The van der Waals surface area contributed by atoms with Gasteiger partial charge in [-0.1, -0.05) is 40.5 Å². The third-order valence-corrected chi connectivity index (χ3v) is 4.78. The summed E-state index contributed by atoms with van der Waals surface area (Å²) in [5.41, 5.74) is 3.47. The number of methoxy groups -OCH3 is 1. The molecule has 0 saturated heterocycles. The van der Waals surface area contributed by atoms with E-state index in [1.54, 1.807) is 25.3 Å². The van der Waals surface area contributed by atoms with Crippen LogP contribution in [0, 0.1) is 6.92 Å². The SMILES string of the molecule is COc1cc(Cl)c(C)cc1Nc1ncnc2onc(-c3ccc(Cl)cc3)c12. The molecule has 0 radical (unpaired) electrons. The van der Waals surface area contributed by atoms with E-state index in [0.717, 1.165) is 16.8 Å². The van der Waals surface area contributed by atoms with E-state index in [0.29, 0.717) is 38.4 Å². The minimum absolute atomic E-state index is 0.377. The van der Waals surface area contributed by atoms with E-state index in [1.165, 1.54) is 6.33 Å². The predicted molar refractivity (Wildman–Crippen MR) is 106 cm³/mol. The minimum Gasteiger partial charge on any atom is -0.495 e. The maximum Gasteiger partial charge on any atom is 0.263 e. The zero-order chi connectivity index (χ0) is 19.0. The van der Waals surface area contributed by atoms with Crippen molar-refractivity contribution in [1.82, 2.24) is 15.1 Å². The molecule has 0 saturated carbocycles. The number of halogens is 2. The van der Waals surface area contributed by atoms with Gasteiger partial charge in [-0.05, 0) is 30.7 Å². The van der Waals surface area contributed by atoms with Gasteiger partial charge in [0.25, 0.3) is 5.71 Å². The van der Waals surface area contributed by atoms with Crippen molar-refractivity contribution in [2.24, 2.45) is 0 Å². The van der Waals surface area contributed by atoms with Crippen LogP contribution in [0.15, 0.2) is 47.2 Å². The number of hydrogen-bond donors (Lipinski definition) is 1. The molecule has 0 aliphatic carbocycles. The minimum atomic E-state index is 0.377. The van der Waals surface area contributed by atoms with Crippen molar-refractivity contribution < 1.29 is 9.26 Å². The Morgan fingerprint density at radius 3 is 2.59 bits per heavy atom. The fraction of sp³-hybridized carbons (Fsp3) is 0.105. The van der Waals surface area contributed by atoms with Crippen LogP contribution in [0.5, 0.6) is 5.75 Å². The number of benzene rings is 2. The smallest absolute Gasteiger partial charge is 0.263 e. The van der Waals surface area contributed by atoms with Gasteiger partial charge in [-0.2, -0.15) is 4.98 Å². The van der Waals surface area contributed by atoms with Crippen molar-refractivity contribution in [3.8, 4) is 17.0 Å². The molecule has 2 aromatic carbocycles. The van der Waals surface area contributed by atoms with Crippen LogP contribution in [0.2, 0.25) is 10.0 Å². The molecule has 0 aliphatic heterocycles. The normalized spacial score (nSPS) is 11.0. The van der Waals surface area contributed by atoms with Crippen LogP contribution in [-0.2, 0) is 0 Å². The van der Waals surface area contributed by atoms with Gasteiger partial charge in [-0.25, -0.2) is 4.98 Å². The highest BCUT2D eigenvalue weighted by Crippen LogP contribution is 2.37. The van der Waals surface area contributed by atoms with E-state index in [4.69, 9.17) is 32.5 Å². The first-order valence-electron chi connectivity index (χ1n) is 8.04. The average molecular weight is 401 g/mol. The Kier molecular flexibility index (Phi) is 4.59. The lowest BCUT2D eigenvalue weighted by molar-refractivity contribution is 0.416.